The third-order valence-electron chi connectivity index (χ3n) is 13.2. The van der Waals surface area contributed by atoms with Crippen molar-refractivity contribution in [2.45, 2.75) is 262 Å². The summed E-state index contributed by atoms with van der Waals surface area (Å²) in [5, 5.41) is 0. The van der Waals surface area contributed by atoms with Gasteiger partial charge in [-0.2, -0.15) is 0 Å². The number of carbonyl (C=O) groups is 6. The lowest BCUT2D eigenvalue weighted by Crippen LogP contribution is -2.32. The van der Waals surface area contributed by atoms with E-state index in [1.807, 2.05) is 116 Å². The van der Waals surface area contributed by atoms with Crippen molar-refractivity contribution >= 4 is 35.1 Å². The van der Waals surface area contributed by atoms with Gasteiger partial charge in [0.15, 0.2) is 11.6 Å². The minimum absolute atomic E-state index is 0.0708. The molecular formula is C66H104O8. The van der Waals surface area contributed by atoms with Crippen LogP contribution in [0.5, 0.6) is 0 Å². The Hall–Kier alpha value is -4.72. The van der Waals surface area contributed by atoms with Crippen molar-refractivity contribution < 1.29 is 38.2 Å². The van der Waals surface area contributed by atoms with Gasteiger partial charge in [-0.05, 0) is 79.4 Å². The number of unbranched alkanes of at least 4 members (excludes halogenated alkanes) is 18. The molecular weight excluding hydrogens is 921 g/mol. The summed E-state index contributed by atoms with van der Waals surface area (Å²) in [7, 11) is 0. The van der Waals surface area contributed by atoms with Gasteiger partial charge < -0.3 is 9.47 Å². The maximum atomic E-state index is 13.3. The second kappa shape index (κ2) is 42.5. The van der Waals surface area contributed by atoms with Crippen molar-refractivity contribution in [1.29, 1.82) is 0 Å². The lowest BCUT2D eigenvalue weighted by atomic mass is 9.81. The lowest BCUT2D eigenvalue weighted by Gasteiger charge is -2.27. The van der Waals surface area contributed by atoms with Crippen molar-refractivity contribution in [3.8, 4) is 0 Å². The normalized spacial score (nSPS) is 14.3. The summed E-state index contributed by atoms with van der Waals surface area (Å²) < 4.78 is 11.5. The number of ketones is 4. The fourth-order valence-electron chi connectivity index (χ4n) is 8.50. The topological polar surface area (TPSA) is 121 Å². The molecule has 0 spiro atoms. The van der Waals surface area contributed by atoms with Crippen LogP contribution in [0.15, 0.2) is 107 Å². The maximum absolute atomic E-state index is 13.3. The number of ether oxygens (including phenoxy) is 2. The first kappa shape index (κ1) is 69.3. The maximum Gasteiger partial charge on any atom is 0.306 e. The van der Waals surface area contributed by atoms with Gasteiger partial charge in [-0.15, -0.1) is 0 Å². The number of hydrogen-bond acceptors (Lipinski definition) is 8. The quantitative estimate of drug-likeness (QED) is 0.0256. The van der Waals surface area contributed by atoms with Crippen LogP contribution in [0.3, 0.4) is 0 Å². The van der Waals surface area contributed by atoms with Crippen molar-refractivity contribution in [1.82, 2.24) is 0 Å². The molecule has 0 saturated carbocycles. The SMILES string of the molecule is CCCCCCCCCCCCCC(=O)OC(CC(C)=O)CC(C)(C)C(=O)C=CC(C)=CC=CC(C)=CC=CC=C(C)C=CC=C(C)C=CC(=O)C(C)(C)CC(CC(C)=O)OC(=O)CCCCCCCCCCC. The van der Waals surface area contributed by atoms with Crippen LogP contribution < -0.4 is 0 Å². The summed E-state index contributed by atoms with van der Waals surface area (Å²) in [6.07, 6.45) is 50.2. The van der Waals surface area contributed by atoms with Crippen LogP contribution in [0.2, 0.25) is 0 Å². The van der Waals surface area contributed by atoms with Crippen molar-refractivity contribution in [2.75, 3.05) is 0 Å². The first-order chi connectivity index (χ1) is 35.1. The van der Waals surface area contributed by atoms with E-state index in [-0.39, 0.29) is 60.8 Å². The molecule has 0 aromatic carbocycles. The third kappa shape index (κ3) is 39.7. The summed E-state index contributed by atoms with van der Waals surface area (Å²) in [6.45, 7) is 22.6. The van der Waals surface area contributed by atoms with E-state index >= 15 is 0 Å². The van der Waals surface area contributed by atoms with Crippen LogP contribution in [0.4, 0.5) is 0 Å². The molecule has 0 fully saturated rings. The molecule has 8 nitrogen and oxygen atoms in total. The number of Topliss-reactive ketones (excluding diaryl/α,β-unsaturated/α-hetero) is 2. The highest BCUT2D eigenvalue weighted by Crippen LogP contribution is 2.29. The van der Waals surface area contributed by atoms with Crippen LogP contribution in [0.25, 0.3) is 0 Å². The standard InChI is InChI=1S/C66H104O8/c1-13-15-17-19-21-23-24-26-28-30-32-44-64(72)74-60(50-58(8)68)52-66(11,12)62(70)48-46-56(6)42-36-40-54(4)38-34-33-37-53(3)39-35-41-55(5)45-47-61(69)65(9,10)51-59(49-57(7)67)73-63(71)43-31-29-27-25-22-20-18-16-14-2/h33-42,45-48,59-60H,13-32,43-44,49-52H2,1-12H3. The minimum atomic E-state index is -0.818. The summed E-state index contributed by atoms with van der Waals surface area (Å²) in [5.41, 5.74) is 2.27. The molecule has 0 radical (unpaired) electrons. The molecule has 0 N–H and O–H groups in total. The molecule has 0 aliphatic carbocycles. The Bertz CT molecular complexity index is 1940. The number of hydrogen-bond donors (Lipinski definition) is 0. The number of rotatable bonds is 44. The molecule has 416 valence electrons. The summed E-state index contributed by atoms with van der Waals surface area (Å²) in [5.74, 6) is -0.924. The molecule has 0 aromatic rings. The van der Waals surface area contributed by atoms with Gasteiger partial charge in [0.1, 0.15) is 23.8 Å². The molecule has 0 rings (SSSR count). The second-order valence-corrected chi connectivity index (χ2v) is 22.2. The first-order valence-corrected chi connectivity index (χ1v) is 28.7. The molecule has 8 heteroatoms. The van der Waals surface area contributed by atoms with Gasteiger partial charge in [-0.25, -0.2) is 0 Å². The van der Waals surface area contributed by atoms with Crippen LogP contribution in [-0.4, -0.2) is 47.3 Å². The molecule has 0 aliphatic heterocycles. The fourth-order valence-corrected chi connectivity index (χ4v) is 8.50. The predicted octanol–water partition coefficient (Wildman–Crippen LogP) is 17.9. The monoisotopic (exact) mass is 1020 g/mol. The molecule has 2 atom stereocenters. The van der Waals surface area contributed by atoms with Crippen molar-refractivity contribution in [3.05, 3.63) is 107 Å². The van der Waals surface area contributed by atoms with E-state index in [0.717, 1.165) is 60.8 Å². The summed E-state index contributed by atoms with van der Waals surface area (Å²) >= 11 is 0. The van der Waals surface area contributed by atoms with Gasteiger partial charge in [0.05, 0.1) is 0 Å². The van der Waals surface area contributed by atoms with E-state index < -0.39 is 23.0 Å². The number of carbonyl (C=O) groups excluding carboxylic acids is 6. The first-order valence-electron chi connectivity index (χ1n) is 28.7. The molecule has 0 bridgehead atoms. The van der Waals surface area contributed by atoms with E-state index in [0.29, 0.717) is 12.8 Å². The Morgan fingerprint density at radius 3 is 0.932 bits per heavy atom. The molecule has 2 unspecified atom stereocenters. The van der Waals surface area contributed by atoms with Crippen LogP contribution in [0.1, 0.15) is 250 Å². The van der Waals surface area contributed by atoms with E-state index in [9.17, 15) is 28.8 Å². The van der Waals surface area contributed by atoms with Crippen LogP contribution >= 0.6 is 0 Å². The molecule has 74 heavy (non-hydrogen) atoms. The zero-order chi connectivity index (χ0) is 55.6. The molecule has 0 aromatic heterocycles. The zero-order valence-corrected chi connectivity index (χ0v) is 48.9. The second-order valence-electron chi connectivity index (χ2n) is 22.2. The molecule has 0 amide bonds. The van der Waals surface area contributed by atoms with Crippen LogP contribution in [-0.2, 0) is 38.2 Å². The van der Waals surface area contributed by atoms with E-state index in [1.54, 1.807) is 24.3 Å². The van der Waals surface area contributed by atoms with Gasteiger partial charge in [0.2, 0.25) is 0 Å². The summed E-state index contributed by atoms with van der Waals surface area (Å²) in [6, 6.07) is 0. The Morgan fingerprint density at radius 1 is 0.365 bits per heavy atom. The summed E-state index contributed by atoms with van der Waals surface area (Å²) in [4.78, 5) is 76.1. The fraction of sp³-hybridized carbons (Fsp3) is 0.636. The van der Waals surface area contributed by atoms with Gasteiger partial charge in [-0.1, -0.05) is 252 Å². The number of allylic oxidation sites excluding steroid dienone is 18. The van der Waals surface area contributed by atoms with E-state index in [2.05, 4.69) is 13.8 Å². The van der Waals surface area contributed by atoms with Gasteiger partial charge >= 0.3 is 11.9 Å². The average molecular weight is 1030 g/mol. The van der Waals surface area contributed by atoms with Crippen LogP contribution in [0, 0.1) is 10.8 Å². The molecule has 0 aliphatic rings. The predicted molar refractivity (Wildman–Crippen MR) is 311 cm³/mol. The Kier molecular flexibility index (Phi) is 39.8. The highest BCUT2D eigenvalue weighted by atomic mass is 16.5. The molecule has 0 heterocycles. The Morgan fingerprint density at radius 2 is 0.635 bits per heavy atom. The Balaban J connectivity index is 5.07. The zero-order valence-electron chi connectivity index (χ0n) is 48.9. The number of esters is 2. The van der Waals surface area contributed by atoms with Gasteiger partial charge in [0, 0.05) is 36.5 Å². The van der Waals surface area contributed by atoms with Crippen molar-refractivity contribution in [2.24, 2.45) is 10.8 Å². The van der Waals surface area contributed by atoms with Gasteiger partial charge in [0.25, 0.3) is 0 Å². The van der Waals surface area contributed by atoms with E-state index in [4.69, 9.17) is 9.47 Å². The lowest BCUT2D eigenvalue weighted by molar-refractivity contribution is -0.153. The van der Waals surface area contributed by atoms with Crippen molar-refractivity contribution in [3.63, 3.8) is 0 Å². The highest BCUT2D eigenvalue weighted by molar-refractivity contribution is 5.95. The highest BCUT2D eigenvalue weighted by Gasteiger charge is 2.33. The minimum Gasteiger partial charge on any atom is -0.462 e. The molecule has 0 saturated heterocycles. The third-order valence-corrected chi connectivity index (χ3v) is 13.2. The largest absolute Gasteiger partial charge is 0.462 e. The van der Waals surface area contributed by atoms with Gasteiger partial charge in [-0.3, -0.25) is 28.8 Å². The Labute approximate surface area is 451 Å². The van der Waals surface area contributed by atoms with E-state index in [1.165, 1.54) is 104 Å². The average Bonchev–Trinajstić information content (AvgIpc) is 3.31. The smallest absolute Gasteiger partial charge is 0.306 e.